The molecule has 174 valence electrons. The maximum absolute atomic E-state index is 12.8. The SMILES string of the molecule is COC(=O)c1ccc(C(c2c(NC(=O)c3ccco3)sc(C)c2C)N2CCN(C)CC2)cc1. The highest BCUT2D eigenvalue weighted by atomic mass is 32.1. The Hall–Kier alpha value is -2.94. The number of furan rings is 1. The highest BCUT2D eigenvalue weighted by Crippen LogP contribution is 2.42. The molecular formula is C25H29N3O4S. The molecule has 0 aliphatic carbocycles. The molecule has 2 aromatic heterocycles. The lowest BCUT2D eigenvalue weighted by molar-refractivity contribution is 0.0600. The molecule has 0 bridgehead atoms. The average Bonchev–Trinajstić information content (AvgIpc) is 3.45. The molecule has 1 atom stereocenters. The number of ether oxygens (including phenoxy) is 1. The highest BCUT2D eigenvalue weighted by Gasteiger charge is 2.31. The van der Waals surface area contributed by atoms with Crippen LogP contribution in [0.5, 0.6) is 0 Å². The van der Waals surface area contributed by atoms with E-state index in [1.54, 1.807) is 35.6 Å². The van der Waals surface area contributed by atoms with Crippen LogP contribution in [0.3, 0.4) is 0 Å². The number of benzene rings is 1. The van der Waals surface area contributed by atoms with Crippen LogP contribution in [0.4, 0.5) is 5.00 Å². The van der Waals surface area contributed by atoms with Crippen LogP contribution < -0.4 is 5.32 Å². The molecule has 1 amide bonds. The van der Waals surface area contributed by atoms with Crippen LogP contribution in [-0.2, 0) is 4.74 Å². The standard InChI is InChI=1S/C25H29N3O4S/c1-16-17(2)33-24(26-23(29)20-6-5-15-32-20)21(16)22(28-13-11-27(3)12-14-28)18-7-9-19(10-8-18)25(30)31-4/h5-10,15,22H,11-14H2,1-4H3,(H,26,29). The molecule has 0 saturated carbocycles. The second-order valence-electron chi connectivity index (χ2n) is 8.31. The van der Waals surface area contributed by atoms with Crippen LogP contribution in [0.15, 0.2) is 47.1 Å². The maximum atomic E-state index is 12.8. The number of likely N-dealkylation sites (N-methyl/N-ethyl adjacent to an activating group) is 1. The largest absolute Gasteiger partial charge is 0.465 e. The van der Waals surface area contributed by atoms with Gasteiger partial charge in [0.15, 0.2) is 5.76 Å². The Bertz CT molecular complexity index is 1110. The van der Waals surface area contributed by atoms with E-state index in [2.05, 4.69) is 36.0 Å². The Kier molecular flexibility index (Phi) is 6.97. The van der Waals surface area contributed by atoms with Gasteiger partial charge in [0.25, 0.3) is 5.91 Å². The lowest BCUT2D eigenvalue weighted by Gasteiger charge is -2.39. The van der Waals surface area contributed by atoms with Crippen LogP contribution in [0.2, 0.25) is 0 Å². The minimum Gasteiger partial charge on any atom is -0.465 e. The summed E-state index contributed by atoms with van der Waals surface area (Å²) in [5, 5.41) is 3.91. The van der Waals surface area contributed by atoms with E-state index in [0.29, 0.717) is 5.56 Å². The molecule has 3 heterocycles. The summed E-state index contributed by atoms with van der Waals surface area (Å²) in [4.78, 5) is 30.7. The van der Waals surface area contributed by atoms with Gasteiger partial charge in [-0.25, -0.2) is 4.79 Å². The highest BCUT2D eigenvalue weighted by molar-refractivity contribution is 7.16. The van der Waals surface area contributed by atoms with Gasteiger partial charge < -0.3 is 19.4 Å². The average molecular weight is 468 g/mol. The van der Waals surface area contributed by atoms with E-state index in [1.807, 2.05) is 12.1 Å². The van der Waals surface area contributed by atoms with Crippen molar-refractivity contribution >= 4 is 28.2 Å². The molecule has 0 spiro atoms. The molecule has 1 fully saturated rings. The Labute approximate surface area is 197 Å². The van der Waals surface area contributed by atoms with Gasteiger partial charge in [-0.15, -0.1) is 11.3 Å². The van der Waals surface area contributed by atoms with Gasteiger partial charge in [-0.2, -0.15) is 0 Å². The van der Waals surface area contributed by atoms with Gasteiger partial charge >= 0.3 is 5.97 Å². The summed E-state index contributed by atoms with van der Waals surface area (Å²) in [6.07, 6.45) is 1.50. The predicted octanol–water partition coefficient (Wildman–Crippen LogP) is 4.33. The fraction of sp³-hybridized carbons (Fsp3) is 0.360. The fourth-order valence-corrected chi connectivity index (χ4v) is 5.29. The number of nitrogens with zero attached hydrogens (tertiary/aromatic N) is 2. The molecule has 1 saturated heterocycles. The van der Waals surface area contributed by atoms with Gasteiger partial charge in [0.2, 0.25) is 0 Å². The van der Waals surface area contributed by atoms with Crippen molar-refractivity contribution in [2.45, 2.75) is 19.9 Å². The van der Waals surface area contributed by atoms with Gasteiger partial charge in [-0.1, -0.05) is 12.1 Å². The van der Waals surface area contributed by atoms with Crippen molar-refractivity contribution in [3.05, 3.63) is 75.6 Å². The number of anilines is 1. The lowest BCUT2D eigenvalue weighted by atomic mass is 9.93. The first-order valence-electron chi connectivity index (χ1n) is 10.9. The first kappa shape index (κ1) is 23.2. The topological polar surface area (TPSA) is 75.0 Å². The molecule has 8 heteroatoms. The molecule has 1 aromatic carbocycles. The van der Waals surface area contributed by atoms with E-state index >= 15 is 0 Å². The molecule has 4 rings (SSSR count). The van der Waals surface area contributed by atoms with Crippen molar-refractivity contribution in [2.75, 3.05) is 45.7 Å². The molecule has 33 heavy (non-hydrogen) atoms. The second-order valence-corrected chi connectivity index (χ2v) is 9.54. The minimum atomic E-state index is -0.355. The summed E-state index contributed by atoms with van der Waals surface area (Å²) in [6, 6.07) is 10.9. The number of esters is 1. The zero-order valence-electron chi connectivity index (χ0n) is 19.4. The minimum absolute atomic E-state index is 0.0535. The van der Waals surface area contributed by atoms with Gasteiger partial charge in [0.1, 0.15) is 5.00 Å². The normalized spacial score (nSPS) is 15.9. The third-order valence-corrected chi connectivity index (χ3v) is 7.37. The molecule has 1 aliphatic heterocycles. The first-order valence-corrected chi connectivity index (χ1v) is 11.8. The van der Waals surface area contributed by atoms with Crippen LogP contribution in [0.25, 0.3) is 0 Å². The van der Waals surface area contributed by atoms with Crippen molar-refractivity contribution in [3.63, 3.8) is 0 Å². The molecule has 1 unspecified atom stereocenters. The number of hydrogen-bond donors (Lipinski definition) is 1. The number of piperazine rings is 1. The zero-order valence-corrected chi connectivity index (χ0v) is 20.2. The quantitative estimate of drug-likeness (QED) is 0.544. The number of hydrogen-bond acceptors (Lipinski definition) is 7. The van der Waals surface area contributed by atoms with E-state index in [1.165, 1.54) is 13.4 Å². The Balaban J connectivity index is 1.75. The molecule has 7 nitrogen and oxygen atoms in total. The number of nitrogens with one attached hydrogen (secondary N) is 1. The fourth-order valence-electron chi connectivity index (χ4n) is 4.20. The summed E-state index contributed by atoms with van der Waals surface area (Å²) >= 11 is 1.58. The van der Waals surface area contributed by atoms with Crippen LogP contribution >= 0.6 is 11.3 Å². The zero-order chi connectivity index (χ0) is 23.5. The van der Waals surface area contributed by atoms with E-state index < -0.39 is 0 Å². The number of thiophene rings is 1. The third kappa shape index (κ3) is 4.88. The monoisotopic (exact) mass is 467 g/mol. The summed E-state index contributed by atoms with van der Waals surface area (Å²) in [7, 11) is 3.52. The number of carbonyl (C=O) groups is 2. The van der Waals surface area contributed by atoms with Crippen molar-refractivity contribution in [1.29, 1.82) is 0 Å². The summed E-state index contributed by atoms with van der Waals surface area (Å²) < 4.78 is 10.2. The summed E-state index contributed by atoms with van der Waals surface area (Å²) in [5.41, 5.74) is 3.84. The van der Waals surface area contributed by atoms with E-state index in [4.69, 9.17) is 9.15 Å². The van der Waals surface area contributed by atoms with Crippen molar-refractivity contribution in [2.24, 2.45) is 0 Å². The van der Waals surface area contributed by atoms with Gasteiger partial charge in [-0.05, 0) is 56.3 Å². The van der Waals surface area contributed by atoms with Crippen molar-refractivity contribution in [3.8, 4) is 0 Å². The van der Waals surface area contributed by atoms with Gasteiger partial charge in [0, 0.05) is 36.6 Å². The van der Waals surface area contributed by atoms with Crippen molar-refractivity contribution < 1.29 is 18.7 Å². The number of amides is 1. The lowest BCUT2D eigenvalue weighted by Crippen LogP contribution is -2.46. The van der Waals surface area contributed by atoms with Gasteiger partial charge in [0.05, 0.1) is 25.0 Å². The molecule has 1 N–H and O–H groups in total. The van der Waals surface area contributed by atoms with E-state index in [0.717, 1.165) is 52.7 Å². The molecular weight excluding hydrogens is 438 g/mol. The Morgan fingerprint density at radius 3 is 2.39 bits per heavy atom. The number of rotatable bonds is 6. The smallest absolute Gasteiger partial charge is 0.337 e. The number of aryl methyl sites for hydroxylation is 1. The van der Waals surface area contributed by atoms with E-state index in [9.17, 15) is 9.59 Å². The Morgan fingerprint density at radius 1 is 1.09 bits per heavy atom. The first-order chi connectivity index (χ1) is 15.9. The summed E-state index contributed by atoms with van der Waals surface area (Å²) in [6.45, 7) is 7.92. The second kappa shape index (κ2) is 9.91. The van der Waals surface area contributed by atoms with E-state index in [-0.39, 0.29) is 23.7 Å². The van der Waals surface area contributed by atoms with Gasteiger partial charge in [-0.3, -0.25) is 9.69 Å². The molecule has 1 aliphatic rings. The third-order valence-electron chi connectivity index (χ3n) is 6.23. The predicted molar refractivity (Wildman–Crippen MR) is 129 cm³/mol. The number of methoxy groups -OCH3 is 1. The summed E-state index contributed by atoms with van der Waals surface area (Å²) in [5.74, 6) is -0.337. The molecule has 3 aromatic rings. The number of carbonyl (C=O) groups excluding carboxylic acids is 2. The Morgan fingerprint density at radius 2 is 1.79 bits per heavy atom. The van der Waals surface area contributed by atoms with Crippen molar-refractivity contribution in [1.82, 2.24) is 9.80 Å². The maximum Gasteiger partial charge on any atom is 0.337 e. The van der Waals surface area contributed by atoms with Crippen LogP contribution in [0, 0.1) is 13.8 Å². The molecule has 0 radical (unpaired) electrons. The van der Waals surface area contributed by atoms with Crippen LogP contribution in [0.1, 0.15) is 48.5 Å². The van der Waals surface area contributed by atoms with Crippen LogP contribution in [-0.4, -0.2) is 62.0 Å².